The topological polar surface area (TPSA) is 84.9 Å². The quantitative estimate of drug-likeness (QED) is 0.770. The Balaban J connectivity index is 1.38. The van der Waals surface area contributed by atoms with Crippen molar-refractivity contribution in [1.29, 1.82) is 0 Å². The van der Waals surface area contributed by atoms with Gasteiger partial charge in [0.05, 0.1) is 20.3 Å². The van der Waals surface area contributed by atoms with Gasteiger partial charge in [-0.2, -0.15) is 4.31 Å². The average Bonchev–Trinajstić information content (AvgIpc) is 2.73. The van der Waals surface area contributed by atoms with Crippen molar-refractivity contribution in [3.8, 4) is 5.75 Å². The summed E-state index contributed by atoms with van der Waals surface area (Å²) >= 11 is 0. The summed E-state index contributed by atoms with van der Waals surface area (Å²) in [4.78, 5) is 13.3. The van der Waals surface area contributed by atoms with E-state index < -0.39 is 10.0 Å². The molecule has 0 aromatic heterocycles. The van der Waals surface area contributed by atoms with Crippen molar-refractivity contribution in [3.63, 3.8) is 0 Å². The average molecular weight is 435 g/mol. The van der Waals surface area contributed by atoms with Crippen LogP contribution in [-0.2, 0) is 19.6 Å². The fraction of sp³-hybridized carbons (Fsp3) is 0.682. The van der Waals surface area contributed by atoms with Gasteiger partial charge in [0.15, 0.2) is 0 Å². The second kappa shape index (κ2) is 7.80. The number of carbonyl (C=O) groups excluding carboxylic acids is 1. The highest BCUT2D eigenvalue weighted by atomic mass is 32.2. The summed E-state index contributed by atoms with van der Waals surface area (Å²) in [6.07, 6.45) is 6.03. The number of hydrogen-bond donors (Lipinski definition) is 1. The van der Waals surface area contributed by atoms with Crippen molar-refractivity contribution in [2.45, 2.75) is 37.0 Å². The van der Waals surface area contributed by atoms with Gasteiger partial charge in [-0.3, -0.25) is 4.79 Å². The minimum atomic E-state index is -3.73. The first-order valence-corrected chi connectivity index (χ1v) is 12.5. The summed E-state index contributed by atoms with van der Waals surface area (Å²) in [6.45, 7) is 1.39. The second-order valence-electron chi connectivity index (χ2n) is 9.33. The monoisotopic (exact) mass is 434 g/mol. The predicted molar refractivity (Wildman–Crippen MR) is 112 cm³/mol. The number of amides is 1. The van der Waals surface area contributed by atoms with Gasteiger partial charge in [-0.15, -0.1) is 0 Å². The molecule has 4 bridgehead atoms. The van der Waals surface area contributed by atoms with Crippen molar-refractivity contribution >= 4 is 21.6 Å². The Kier molecular flexibility index (Phi) is 5.27. The molecule has 7 nitrogen and oxygen atoms in total. The largest absolute Gasteiger partial charge is 0.495 e. The fourth-order valence-electron chi connectivity index (χ4n) is 6.46. The van der Waals surface area contributed by atoms with Crippen LogP contribution in [0.15, 0.2) is 23.1 Å². The van der Waals surface area contributed by atoms with E-state index in [1.165, 1.54) is 49.6 Å². The molecule has 0 spiro atoms. The standard InChI is InChI=1S/C22H30N2O5S/c1-28-19-3-2-18(13-20(19)30(26,27)24-4-6-29-7-5-24)23-22(25)21-16-9-14-8-15(11-16)12-17(21)10-14/h2-3,13-17,21H,4-12H2,1H3,(H,23,25). The fourth-order valence-corrected chi connectivity index (χ4v) is 8.05. The van der Waals surface area contributed by atoms with Gasteiger partial charge in [-0.05, 0) is 74.0 Å². The number of nitrogens with one attached hydrogen (secondary N) is 1. The van der Waals surface area contributed by atoms with E-state index in [9.17, 15) is 13.2 Å². The van der Waals surface area contributed by atoms with Crippen LogP contribution in [0.3, 0.4) is 0 Å². The van der Waals surface area contributed by atoms with E-state index in [1.54, 1.807) is 12.1 Å². The zero-order valence-corrected chi connectivity index (χ0v) is 18.2. The molecule has 4 aliphatic carbocycles. The Morgan fingerprint density at radius 1 is 1.07 bits per heavy atom. The zero-order valence-electron chi connectivity index (χ0n) is 17.4. The highest BCUT2D eigenvalue weighted by Crippen LogP contribution is 2.56. The van der Waals surface area contributed by atoms with Crippen molar-refractivity contribution in [2.24, 2.45) is 29.6 Å². The molecule has 30 heavy (non-hydrogen) atoms. The van der Waals surface area contributed by atoms with E-state index in [1.807, 2.05) is 0 Å². The highest BCUT2D eigenvalue weighted by molar-refractivity contribution is 7.89. The zero-order chi connectivity index (χ0) is 20.9. The minimum absolute atomic E-state index is 0.0451. The van der Waals surface area contributed by atoms with Crippen LogP contribution in [0.5, 0.6) is 5.75 Å². The number of nitrogens with zero attached hydrogens (tertiary/aromatic N) is 1. The number of morpholine rings is 1. The number of ether oxygens (including phenoxy) is 2. The van der Waals surface area contributed by atoms with E-state index >= 15 is 0 Å². The van der Waals surface area contributed by atoms with Crippen LogP contribution in [0, 0.1) is 29.6 Å². The van der Waals surface area contributed by atoms with E-state index in [4.69, 9.17) is 9.47 Å². The summed E-state index contributed by atoms with van der Waals surface area (Å²) in [5, 5.41) is 3.03. The summed E-state index contributed by atoms with van der Waals surface area (Å²) in [7, 11) is -2.27. The first kappa shape index (κ1) is 20.3. The maximum Gasteiger partial charge on any atom is 0.246 e. The van der Waals surface area contributed by atoms with Crippen LogP contribution in [0.25, 0.3) is 0 Å². The number of methoxy groups -OCH3 is 1. The molecular formula is C22H30N2O5S. The molecule has 5 aliphatic rings. The van der Waals surface area contributed by atoms with Crippen LogP contribution >= 0.6 is 0 Å². The Morgan fingerprint density at radius 2 is 1.70 bits per heavy atom. The predicted octanol–water partition coefficient (Wildman–Crippen LogP) is 2.73. The Bertz CT molecular complexity index is 897. The Morgan fingerprint density at radius 3 is 2.30 bits per heavy atom. The summed E-state index contributed by atoms with van der Waals surface area (Å²) in [5.74, 6) is 2.97. The maximum atomic E-state index is 13.2. The molecule has 4 saturated carbocycles. The molecule has 0 radical (unpaired) electrons. The lowest BCUT2D eigenvalue weighted by atomic mass is 9.51. The third kappa shape index (κ3) is 3.52. The van der Waals surface area contributed by atoms with E-state index in [0.29, 0.717) is 43.8 Å². The van der Waals surface area contributed by atoms with Gasteiger partial charge in [0.25, 0.3) is 0 Å². The summed E-state index contributed by atoms with van der Waals surface area (Å²) in [6, 6.07) is 4.89. The lowest BCUT2D eigenvalue weighted by molar-refractivity contribution is -0.132. The molecule has 5 fully saturated rings. The third-order valence-corrected chi connectivity index (χ3v) is 9.47. The van der Waals surface area contributed by atoms with E-state index in [-0.39, 0.29) is 22.5 Å². The van der Waals surface area contributed by atoms with Crippen molar-refractivity contribution in [2.75, 3.05) is 38.7 Å². The number of sulfonamides is 1. The first-order valence-electron chi connectivity index (χ1n) is 11.0. The lowest BCUT2D eigenvalue weighted by Gasteiger charge is -2.53. The number of anilines is 1. The third-order valence-electron chi connectivity index (χ3n) is 7.55. The Labute approximate surface area is 178 Å². The minimum Gasteiger partial charge on any atom is -0.495 e. The molecule has 1 N–H and O–H groups in total. The van der Waals surface area contributed by atoms with Gasteiger partial charge in [0, 0.05) is 24.7 Å². The van der Waals surface area contributed by atoms with E-state index in [2.05, 4.69) is 5.32 Å². The molecule has 1 aliphatic heterocycles. The highest BCUT2D eigenvalue weighted by Gasteiger charge is 2.50. The maximum absolute atomic E-state index is 13.2. The summed E-state index contributed by atoms with van der Waals surface area (Å²) < 4.78 is 38.4. The molecule has 1 aromatic rings. The van der Waals surface area contributed by atoms with Crippen molar-refractivity contribution in [3.05, 3.63) is 18.2 Å². The molecule has 8 heteroatoms. The van der Waals surface area contributed by atoms with Gasteiger partial charge >= 0.3 is 0 Å². The number of carbonyl (C=O) groups is 1. The molecule has 1 amide bonds. The first-order chi connectivity index (χ1) is 14.5. The molecule has 0 atom stereocenters. The van der Waals surface area contributed by atoms with Gasteiger partial charge in [0.1, 0.15) is 10.6 Å². The molecular weight excluding hydrogens is 404 g/mol. The van der Waals surface area contributed by atoms with Crippen molar-refractivity contribution in [1.82, 2.24) is 4.31 Å². The molecule has 0 unspecified atom stereocenters. The second-order valence-corrected chi connectivity index (χ2v) is 11.2. The van der Waals surface area contributed by atoms with Crippen LogP contribution in [-0.4, -0.2) is 52.0 Å². The van der Waals surface area contributed by atoms with Crippen LogP contribution < -0.4 is 10.1 Å². The van der Waals surface area contributed by atoms with Crippen LogP contribution in [0.4, 0.5) is 5.69 Å². The van der Waals surface area contributed by atoms with Crippen LogP contribution in [0.1, 0.15) is 32.1 Å². The molecule has 1 heterocycles. The number of rotatable bonds is 5. The molecule has 164 valence electrons. The SMILES string of the molecule is COc1ccc(NC(=O)C2C3CC4CC(C3)CC2C4)cc1S(=O)(=O)N1CCOCC1. The van der Waals surface area contributed by atoms with Gasteiger partial charge in [-0.25, -0.2) is 8.42 Å². The smallest absolute Gasteiger partial charge is 0.246 e. The molecule has 1 saturated heterocycles. The van der Waals surface area contributed by atoms with Gasteiger partial charge < -0.3 is 14.8 Å². The van der Waals surface area contributed by atoms with Crippen LogP contribution in [0.2, 0.25) is 0 Å². The number of benzene rings is 1. The van der Waals surface area contributed by atoms with Gasteiger partial charge in [0.2, 0.25) is 15.9 Å². The van der Waals surface area contributed by atoms with Gasteiger partial charge in [-0.1, -0.05) is 0 Å². The number of hydrogen-bond acceptors (Lipinski definition) is 5. The lowest BCUT2D eigenvalue weighted by Crippen LogP contribution is -2.49. The normalized spacial score (nSPS) is 33.4. The summed E-state index contributed by atoms with van der Waals surface area (Å²) in [5.41, 5.74) is 0.515. The van der Waals surface area contributed by atoms with Crippen molar-refractivity contribution < 1.29 is 22.7 Å². The molecule has 1 aromatic carbocycles. The van der Waals surface area contributed by atoms with E-state index in [0.717, 1.165) is 11.8 Å². The molecule has 6 rings (SSSR count). The Hall–Kier alpha value is -1.64.